The van der Waals surface area contributed by atoms with Crippen LogP contribution in [0.2, 0.25) is 0 Å². The van der Waals surface area contributed by atoms with E-state index in [2.05, 4.69) is 13.2 Å². The van der Waals surface area contributed by atoms with Crippen LogP contribution in [0.4, 0.5) is 0 Å². The van der Waals surface area contributed by atoms with E-state index in [0.29, 0.717) is 18.4 Å². The van der Waals surface area contributed by atoms with Gasteiger partial charge in [-0.05, 0) is 38.0 Å². The van der Waals surface area contributed by atoms with Gasteiger partial charge in [-0.2, -0.15) is 0 Å². The van der Waals surface area contributed by atoms with Gasteiger partial charge in [0.15, 0.2) is 12.4 Å². The predicted molar refractivity (Wildman–Crippen MR) is 104 cm³/mol. The molecule has 0 aromatic rings. The van der Waals surface area contributed by atoms with Crippen molar-refractivity contribution < 1.29 is 38.7 Å². The Labute approximate surface area is 175 Å². The first-order valence-electron chi connectivity index (χ1n) is 10.5. The number of carbonyl (C=O) groups excluding carboxylic acids is 2. The number of esters is 2. The van der Waals surface area contributed by atoms with Gasteiger partial charge in [-0.15, -0.1) is 0 Å². The average molecular weight is 422 g/mol. The van der Waals surface area contributed by atoms with E-state index >= 15 is 0 Å². The molecule has 30 heavy (non-hydrogen) atoms. The monoisotopic (exact) mass is 422 g/mol. The first-order chi connectivity index (χ1) is 14.1. The van der Waals surface area contributed by atoms with Gasteiger partial charge in [0.2, 0.25) is 0 Å². The largest absolute Gasteiger partial charge is 0.458 e. The summed E-state index contributed by atoms with van der Waals surface area (Å²) < 4.78 is 22.8. The zero-order valence-corrected chi connectivity index (χ0v) is 17.4. The van der Waals surface area contributed by atoms with Crippen LogP contribution in [0.25, 0.3) is 0 Å². The zero-order chi connectivity index (χ0) is 21.8. The molecule has 2 aliphatic carbocycles. The zero-order valence-electron chi connectivity index (χ0n) is 17.4. The molecule has 9 atom stereocenters. The van der Waals surface area contributed by atoms with E-state index in [9.17, 15) is 19.8 Å². The van der Waals surface area contributed by atoms with Crippen LogP contribution in [0.1, 0.15) is 39.5 Å². The highest BCUT2D eigenvalue weighted by Gasteiger charge is 2.55. The summed E-state index contributed by atoms with van der Waals surface area (Å²) in [5, 5.41) is 20.3. The number of hydrogen-bond acceptors (Lipinski definition) is 8. The molecule has 0 aromatic heterocycles. The molecule has 2 saturated carbocycles. The maximum atomic E-state index is 12.0. The molecular weight excluding hydrogens is 392 g/mol. The van der Waals surface area contributed by atoms with E-state index in [0.717, 1.165) is 18.4 Å². The van der Waals surface area contributed by atoms with Crippen LogP contribution in [0, 0.1) is 17.8 Å². The van der Waals surface area contributed by atoms with Crippen molar-refractivity contribution in [2.75, 3.05) is 6.61 Å². The van der Waals surface area contributed by atoms with Crippen molar-refractivity contribution in [3.05, 3.63) is 24.3 Å². The van der Waals surface area contributed by atoms with Gasteiger partial charge < -0.3 is 29.2 Å². The maximum absolute atomic E-state index is 12.0. The number of rotatable bonds is 3. The summed E-state index contributed by atoms with van der Waals surface area (Å²) in [6.07, 6.45) is -1.95. The lowest BCUT2D eigenvalue weighted by atomic mass is 9.78. The predicted octanol–water partition coefficient (Wildman–Crippen LogP) is 1.25. The van der Waals surface area contributed by atoms with Crippen molar-refractivity contribution in [1.29, 1.82) is 0 Å². The Morgan fingerprint density at radius 3 is 2.70 bits per heavy atom. The van der Waals surface area contributed by atoms with Crippen molar-refractivity contribution >= 4 is 11.9 Å². The summed E-state index contributed by atoms with van der Waals surface area (Å²) in [4.78, 5) is 23.6. The molecule has 2 N–H and O–H groups in total. The molecule has 0 unspecified atom stereocenters. The van der Waals surface area contributed by atoms with Crippen molar-refractivity contribution in [3.8, 4) is 0 Å². The molecular formula is C22H30O8. The first-order valence-corrected chi connectivity index (χ1v) is 10.5. The minimum absolute atomic E-state index is 0.0387. The van der Waals surface area contributed by atoms with Gasteiger partial charge in [-0.25, -0.2) is 4.79 Å². The molecule has 2 saturated heterocycles. The molecule has 8 heteroatoms. The third-order valence-corrected chi connectivity index (χ3v) is 7.25. The lowest BCUT2D eigenvalue weighted by Gasteiger charge is -2.43. The molecule has 2 aliphatic heterocycles. The number of aliphatic hydroxyl groups excluding tert-OH is 2. The Morgan fingerprint density at radius 1 is 1.27 bits per heavy atom. The van der Waals surface area contributed by atoms with Crippen LogP contribution in [0.3, 0.4) is 0 Å². The summed E-state index contributed by atoms with van der Waals surface area (Å²) in [7, 11) is 0. The molecule has 0 bridgehead atoms. The normalized spacial score (nSPS) is 46.1. The Bertz CT molecular complexity index is 762. The fourth-order valence-corrected chi connectivity index (χ4v) is 5.59. The smallest absolute Gasteiger partial charge is 0.334 e. The molecule has 0 spiro atoms. The minimum atomic E-state index is -1.30. The van der Waals surface area contributed by atoms with Crippen molar-refractivity contribution in [2.24, 2.45) is 17.8 Å². The molecule has 2 heterocycles. The number of fused-ring (bicyclic) bond motifs is 2. The maximum Gasteiger partial charge on any atom is 0.334 e. The summed E-state index contributed by atoms with van der Waals surface area (Å²) in [6.45, 7) is 11.3. The highest BCUT2D eigenvalue weighted by molar-refractivity contribution is 5.90. The summed E-state index contributed by atoms with van der Waals surface area (Å²) >= 11 is 0. The van der Waals surface area contributed by atoms with Crippen LogP contribution in [-0.4, -0.2) is 65.1 Å². The van der Waals surface area contributed by atoms with Crippen LogP contribution in [-0.2, 0) is 28.5 Å². The highest BCUT2D eigenvalue weighted by atomic mass is 16.7. The number of aliphatic hydroxyl groups is 2. The third kappa shape index (κ3) is 3.60. The van der Waals surface area contributed by atoms with Gasteiger partial charge in [0.1, 0.15) is 18.3 Å². The standard InChI is InChI=1S/C22H30O8/c1-10-7-17-14(11(2)20(26)29-17)8-15-13(10)5-6-22(15,4)30-21-19(28-12(3)23)18(25)16(24)9-27-21/h13-19,21,24-25H,1-2,5-9H2,3-4H3/t13-,14-,15-,16+,17+,18+,19-,21+,22-/m1/s1. The minimum Gasteiger partial charge on any atom is -0.458 e. The summed E-state index contributed by atoms with van der Waals surface area (Å²) in [5.41, 5.74) is 0.881. The van der Waals surface area contributed by atoms with Gasteiger partial charge >= 0.3 is 11.9 Å². The molecule has 4 aliphatic rings. The molecule has 8 nitrogen and oxygen atoms in total. The SMILES string of the molecule is C=C1C(=O)O[C@H]2CC(=C)[C@H]3CC[C@@](C)(O[C@@H]4OC[C@H](O)[C@H](O)[C@H]4OC(C)=O)[C@@H]3C[C@H]12. The Balaban J connectivity index is 1.57. The third-order valence-electron chi connectivity index (χ3n) is 7.25. The fourth-order valence-electron chi connectivity index (χ4n) is 5.59. The van der Waals surface area contributed by atoms with Gasteiger partial charge in [0, 0.05) is 24.8 Å². The Morgan fingerprint density at radius 2 is 2.00 bits per heavy atom. The fraction of sp³-hybridized carbons (Fsp3) is 0.727. The molecule has 166 valence electrons. The summed E-state index contributed by atoms with van der Waals surface area (Å²) in [6, 6.07) is 0. The molecule has 4 fully saturated rings. The first kappa shape index (κ1) is 21.5. The van der Waals surface area contributed by atoms with E-state index in [1.807, 2.05) is 6.92 Å². The van der Waals surface area contributed by atoms with Crippen LogP contribution >= 0.6 is 0 Å². The second kappa shape index (κ2) is 7.75. The van der Waals surface area contributed by atoms with E-state index in [4.69, 9.17) is 18.9 Å². The second-order valence-corrected chi connectivity index (χ2v) is 9.19. The van der Waals surface area contributed by atoms with Gasteiger partial charge in [0.05, 0.1) is 12.2 Å². The molecule has 0 radical (unpaired) electrons. The van der Waals surface area contributed by atoms with Crippen molar-refractivity contribution in [1.82, 2.24) is 0 Å². The van der Waals surface area contributed by atoms with E-state index in [1.54, 1.807) is 0 Å². The Hall–Kier alpha value is -1.74. The van der Waals surface area contributed by atoms with Crippen LogP contribution in [0.15, 0.2) is 24.3 Å². The lowest BCUT2D eigenvalue weighted by molar-refractivity contribution is -0.307. The number of carbonyl (C=O) groups is 2. The summed E-state index contributed by atoms with van der Waals surface area (Å²) in [5.74, 6) is -0.785. The molecule has 4 rings (SSSR count). The lowest BCUT2D eigenvalue weighted by Crippen LogP contribution is -2.57. The molecule has 0 amide bonds. The second-order valence-electron chi connectivity index (χ2n) is 9.19. The quantitative estimate of drug-likeness (QED) is 0.397. The van der Waals surface area contributed by atoms with Crippen LogP contribution < -0.4 is 0 Å². The van der Waals surface area contributed by atoms with Gasteiger partial charge in [-0.3, -0.25) is 4.79 Å². The van der Waals surface area contributed by atoms with Gasteiger partial charge in [-0.1, -0.05) is 18.7 Å². The number of hydrogen-bond donors (Lipinski definition) is 2. The van der Waals surface area contributed by atoms with E-state index < -0.39 is 36.2 Å². The van der Waals surface area contributed by atoms with E-state index in [1.165, 1.54) is 6.92 Å². The topological polar surface area (TPSA) is 112 Å². The van der Waals surface area contributed by atoms with Gasteiger partial charge in [0.25, 0.3) is 0 Å². The Kier molecular flexibility index (Phi) is 5.55. The number of ether oxygens (including phenoxy) is 4. The highest BCUT2D eigenvalue weighted by Crippen LogP contribution is 2.54. The molecule has 0 aromatic carbocycles. The average Bonchev–Trinajstić information content (AvgIpc) is 3.07. The van der Waals surface area contributed by atoms with E-state index in [-0.39, 0.29) is 36.4 Å². The van der Waals surface area contributed by atoms with Crippen molar-refractivity contribution in [3.63, 3.8) is 0 Å². The van der Waals surface area contributed by atoms with Crippen molar-refractivity contribution in [2.45, 2.75) is 75.8 Å². The van der Waals surface area contributed by atoms with Crippen LogP contribution in [0.5, 0.6) is 0 Å².